The van der Waals surface area contributed by atoms with Crippen LogP contribution in [-0.2, 0) is 0 Å². The highest BCUT2D eigenvalue weighted by Gasteiger charge is 2.19. The molecule has 4 aromatic rings. The molecule has 0 fully saturated rings. The molecule has 0 aliphatic rings. The fourth-order valence-corrected chi connectivity index (χ4v) is 2.98. The first kappa shape index (κ1) is 16.0. The van der Waals surface area contributed by atoms with Gasteiger partial charge >= 0.3 is 0 Å². The van der Waals surface area contributed by atoms with Crippen molar-refractivity contribution in [1.82, 2.24) is 19.9 Å². The highest BCUT2D eigenvalue weighted by atomic mass is 19.1. The third-order valence-electron chi connectivity index (χ3n) is 4.20. The fourth-order valence-electron chi connectivity index (χ4n) is 2.98. The second-order valence-electron chi connectivity index (χ2n) is 5.75. The van der Waals surface area contributed by atoms with Crippen molar-refractivity contribution in [2.75, 3.05) is 7.05 Å². The van der Waals surface area contributed by atoms with Gasteiger partial charge in [-0.1, -0.05) is 6.07 Å². The van der Waals surface area contributed by atoms with Gasteiger partial charge in [0.25, 0.3) is 5.91 Å². The van der Waals surface area contributed by atoms with E-state index in [0.29, 0.717) is 11.4 Å². The topological polar surface area (TPSA) is 59.3 Å². The average molecular weight is 346 g/mol. The Kier molecular flexibility index (Phi) is 3.93. The number of halogens is 1. The summed E-state index contributed by atoms with van der Waals surface area (Å²) in [6.45, 7) is 0. The number of fused-ring (bicyclic) bond motifs is 1. The number of benzene rings is 1. The van der Waals surface area contributed by atoms with E-state index in [1.165, 1.54) is 12.1 Å². The van der Waals surface area contributed by atoms with Crippen LogP contribution in [0.3, 0.4) is 0 Å². The minimum atomic E-state index is -0.311. The summed E-state index contributed by atoms with van der Waals surface area (Å²) in [6, 6.07) is 15.4. The van der Waals surface area contributed by atoms with Crippen molar-refractivity contribution in [2.24, 2.45) is 0 Å². The van der Waals surface area contributed by atoms with E-state index in [2.05, 4.69) is 15.4 Å². The Morgan fingerprint density at radius 1 is 1.00 bits per heavy atom. The molecule has 0 atom stereocenters. The minimum absolute atomic E-state index is 0.231. The summed E-state index contributed by atoms with van der Waals surface area (Å²) in [7, 11) is 1.58. The summed E-state index contributed by atoms with van der Waals surface area (Å²) in [5.41, 5.74) is 4.44. The second-order valence-corrected chi connectivity index (χ2v) is 5.75. The third-order valence-corrected chi connectivity index (χ3v) is 4.20. The monoisotopic (exact) mass is 346 g/mol. The molecule has 1 amide bonds. The Bertz CT molecular complexity index is 1090. The van der Waals surface area contributed by atoms with Crippen molar-refractivity contribution in [3.8, 4) is 22.4 Å². The van der Waals surface area contributed by atoms with Crippen LogP contribution >= 0.6 is 0 Å². The SMILES string of the molecule is CNC(=O)c1cccc2c(-c3ccncc3)c(-c3ccc(F)cc3)nn12. The number of carbonyl (C=O) groups is 1. The van der Waals surface area contributed by atoms with E-state index in [0.717, 1.165) is 22.2 Å². The largest absolute Gasteiger partial charge is 0.354 e. The van der Waals surface area contributed by atoms with E-state index in [1.807, 2.05) is 24.3 Å². The van der Waals surface area contributed by atoms with Gasteiger partial charge < -0.3 is 5.32 Å². The van der Waals surface area contributed by atoms with E-state index in [4.69, 9.17) is 0 Å². The number of aromatic nitrogens is 3. The molecule has 0 bridgehead atoms. The molecule has 1 aromatic carbocycles. The van der Waals surface area contributed by atoms with Gasteiger partial charge in [-0.3, -0.25) is 9.78 Å². The van der Waals surface area contributed by atoms with Crippen LogP contribution in [0.5, 0.6) is 0 Å². The molecule has 0 saturated heterocycles. The molecule has 0 radical (unpaired) electrons. The molecule has 1 N–H and O–H groups in total. The standard InChI is InChI=1S/C20H15FN4O/c1-22-20(26)17-4-2-3-16-18(13-9-11-23-12-10-13)19(24-25(16)17)14-5-7-15(21)8-6-14/h2-12H,1H3,(H,22,26). The summed E-state index contributed by atoms with van der Waals surface area (Å²) in [6.07, 6.45) is 3.41. The fraction of sp³-hybridized carbons (Fsp3) is 0.0500. The van der Waals surface area contributed by atoms with Gasteiger partial charge in [0, 0.05) is 30.6 Å². The van der Waals surface area contributed by atoms with Crippen molar-refractivity contribution in [2.45, 2.75) is 0 Å². The number of amides is 1. The second kappa shape index (κ2) is 6.40. The Balaban J connectivity index is 2.06. The van der Waals surface area contributed by atoms with Gasteiger partial charge in [-0.15, -0.1) is 0 Å². The molecular weight excluding hydrogens is 331 g/mol. The van der Waals surface area contributed by atoms with Crippen molar-refractivity contribution in [3.63, 3.8) is 0 Å². The Morgan fingerprint density at radius 2 is 1.73 bits per heavy atom. The van der Waals surface area contributed by atoms with Crippen LogP contribution in [0.25, 0.3) is 27.9 Å². The molecule has 3 aromatic heterocycles. The first-order chi connectivity index (χ1) is 12.7. The molecule has 0 spiro atoms. The number of pyridine rings is 2. The Labute approximate surface area is 149 Å². The molecule has 26 heavy (non-hydrogen) atoms. The first-order valence-electron chi connectivity index (χ1n) is 8.09. The van der Waals surface area contributed by atoms with Crippen molar-refractivity contribution in [1.29, 1.82) is 0 Å². The number of carbonyl (C=O) groups excluding carboxylic acids is 1. The molecular formula is C20H15FN4O. The summed E-state index contributed by atoms with van der Waals surface area (Å²) in [5, 5.41) is 7.30. The van der Waals surface area contributed by atoms with Gasteiger partial charge in [0.15, 0.2) is 0 Å². The molecule has 4 rings (SSSR count). The lowest BCUT2D eigenvalue weighted by atomic mass is 10.0. The molecule has 5 nitrogen and oxygen atoms in total. The predicted octanol–water partition coefficient (Wildman–Crippen LogP) is 3.56. The number of hydrogen-bond acceptors (Lipinski definition) is 3. The van der Waals surface area contributed by atoms with Crippen molar-refractivity contribution >= 4 is 11.4 Å². The number of rotatable bonds is 3. The molecule has 0 unspecified atom stereocenters. The Morgan fingerprint density at radius 3 is 2.42 bits per heavy atom. The lowest BCUT2D eigenvalue weighted by Crippen LogP contribution is -2.21. The predicted molar refractivity (Wildman–Crippen MR) is 97.2 cm³/mol. The quantitative estimate of drug-likeness (QED) is 0.617. The molecule has 128 valence electrons. The summed E-state index contributed by atoms with van der Waals surface area (Å²) >= 11 is 0. The maximum Gasteiger partial charge on any atom is 0.269 e. The highest BCUT2D eigenvalue weighted by Crippen LogP contribution is 2.35. The zero-order valence-corrected chi connectivity index (χ0v) is 14.0. The Hall–Kier alpha value is -3.54. The lowest BCUT2D eigenvalue weighted by Gasteiger charge is -2.04. The zero-order chi connectivity index (χ0) is 18.1. The maximum atomic E-state index is 13.4. The maximum absolute atomic E-state index is 13.4. The molecule has 0 aliphatic carbocycles. The zero-order valence-electron chi connectivity index (χ0n) is 14.0. The van der Waals surface area contributed by atoms with Crippen molar-refractivity contribution in [3.05, 3.63) is 78.5 Å². The van der Waals surface area contributed by atoms with Crippen LogP contribution < -0.4 is 5.32 Å². The van der Waals surface area contributed by atoms with E-state index in [1.54, 1.807) is 42.2 Å². The minimum Gasteiger partial charge on any atom is -0.354 e. The van der Waals surface area contributed by atoms with Gasteiger partial charge in [-0.25, -0.2) is 8.91 Å². The van der Waals surface area contributed by atoms with Gasteiger partial charge in [0.1, 0.15) is 17.2 Å². The van der Waals surface area contributed by atoms with E-state index in [9.17, 15) is 9.18 Å². The van der Waals surface area contributed by atoms with Gasteiger partial charge in [-0.2, -0.15) is 5.10 Å². The third kappa shape index (κ3) is 2.61. The highest BCUT2D eigenvalue weighted by molar-refractivity contribution is 5.97. The van der Waals surface area contributed by atoms with E-state index >= 15 is 0 Å². The lowest BCUT2D eigenvalue weighted by molar-refractivity contribution is 0.0956. The smallest absolute Gasteiger partial charge is 0.269 e. The summed E-state index contributed by atoms with van der Waals surface area (Å²) in [4.78, 5) is 16.3. The number of hydrogen-bond donors (Lipinski definition) is 1. The van der Waals surface area contributed by atoms with Crippen LogP contribution in [0.1, 0.15) is 10.5 Å². The molecule has 3 heterocycles. The van der Waals surface area contributed by atoms with Crippen LogP contribution in [-0.4, -0.2) is 27.6 Å². The van der Waals surface area contributed by atoms with Crippen LogP contribution in [0.4, 0.5) is 4.39 Å². The van der Waals surface area contributed by atoms with Gasteiger partial charge in [0.05, 0.1) is 5.52 Å². The van der Waals surface area contributed by atoms with Gasteiger partial charge in [-0.05, 0) is 54.1 Å². The van der Waals surface area contributed by atoms with E-state index < -0.39 is 0 Å². The molecule has 6 heteroatoms. The van der Waals surface area contributed by atoms with Crippen LogP contribution in [0.15, 0.2) is 67.0 Å². The molecule has 0 aliphatic heterocycles. The normalized spacial score (nSPS) is 10.8. The van der Waals surface area contributed by atoms with Crippen molar-refractivity contribution < 1.29 is 9.18 Å². The van der Waals surface area contributed by atoms with E-state index in [-0.39, 0.29) is 11.7 Å². The summed E-state index contributed by atoms with van der Waals surface area (Å²) < 4.78 is 15.0. The van der Waals surface area contributed by atoms with Crippen LogP contribution in [0.2, 0.25) is 0 Å². The summed E-state index contributed by atoms with van der Waals surface area (Å²) in [5.74, 6) is -0.543. The molecule has 0 saturated carbocycles. The van der Waals surface area contributed by atoms with Gasteiger partial charge in [0.2, 0.25) is 0 Å². The number of nitrogens with one attached hydrogen (secondary N) is 1. The first-order valence-corrected chi connectivity index (χ1v) is 8.09. The number of nitrogens with zero attached hydrogens (tertiary/aromatic N) is 3. The average Bonchev–Trinajstić information content (AvgIpc) is 3.08. The van der Waals surface area contributed by atoms with Crippen LogP contribution in [0, 0.1) is 5.82 Å².